The summed E-state index contributed by atoms with van der Waals surface area (Å²) in [6.45, 7) is 7.13. The molecule has 0 aromatic heterocycles. The Labute approximate surface area is 181 Å². The number of hydrogen-bond donors (Lipinski definition) is 0. The fraction of sp³-hybridized carbons (Fsp3) is 0.913. The van der Waals surface area contributed by atoms with E-state index in [2.05, 4.69) is 24.8 Å². The normalized spacial score (nSPS) is 46.6. The van der Waals surface area contributed by atoms with Crippen molar-refractivity contribution in [2.45, 2.75) is 76.6 Å². The van der Waals surface area contributed by atoms with Crippen LogP contribution >= 0.6 is 34.8 Å². The van der Waals surface area contributed by atoms with E-state index in [4.69, 9.17) is 34.8 Å². The topological polar surface area (TPSA) is 3.24 Å². The van der Waals surface area contributed by atoms with Crippen molar-refractivity contribution in [3.8, 4) is 0 Å². The lowest BCUT2D eigenvalue weighted by atomic mass is 9.48. The van der Waals surface area contributed by atoms with Gasteiger partial charge in [-0.2, -0.15) is 0 Å². The fourth-order valence-electron chi connectivity index (χ4n) is 7.83. The molecule has 0 heterocycles. The number of halogens is 3. The molecule has 0 radical (unpaired) electrons. The van der Waals surface area contributed by atoms with Crippen LogP contribution in [0.5, 0.6) is 0 Å². The molecule has 0 spiro atoms. The maximum atomic E-state index is 6.53. The second-order valence-electron chi connectivity index (χ2n) is 10.2. The lowest BCUT2D eigenvalue weighted by Crippen LogP contribution is -2.54. The van der Waals surface area contributed by atoms with E-state index in [9.17, 15) is 0 Å². The Balaban J connectivity index is 1.58. The van der Waals surface area contributed by atoms with Gasteiger partial charge in [0.25, 0.3) is 0 Å². The van der Waals surface area contributed by atoms with E-state index in [1.807, 2.05) is 0 Å². The average Bonchev–Trinajstić information content (AvgIpc) is 2.99. The highest BCUT2D eigenvalue weighted by Gasteiger charge is 2.59. The SMILES string of the molecule is C[C@]12CC[C@H]3[C@@H](CC=C4C[C@@H](Cl)CC[C@@]43C)[C@@H]1CC[C@@H]2N(CCCl)CCCl. The summed E-state index contributed by atoms with van der Waals surface area (Å²) < 4.78 is 0. The Morgan fingerprint density at radius 3 is 2.44 bits per heavy atom. The van der Waals surface area contributed by atoms with Gasteiger partial charge in [0.2, 0.25) is 0 Å². The van der Waals surface area contributed by atoms with E-state index in [1.165, 1.54) is 44.9 Å². The van der Waals surface area contributed by atoms with Crippen LogP contribution in [0.25, 0.3) is 0 Å². The Kier molecular flexibility index (Phi) is 6.18. The Hall–Kier alpha value is 0.570. The predicted molar refractivity (Wildman–Crippen MR) is 118 cm³/mol. The smallest absolute Gasteiger partial charge is 0.0373 e. The quantitative estimate of drug-likeness (QED) is 0.345. The summed E-state index contributed by atoms with van der Waals surface area (Å²) in [5, 5.41) is 0.366. The van der Waals surface area contributed by atoms with Gasteiger partial charge >= 0.3 is 0 Å². The van der Waals surface area contributed by atoms with Crippen molar-refractivity contribution in [2.75, 3.05) is 24.8 Å². The number of nitrogens with zero attached hydrogens (tertiary/aromatic N) is 1. The minimum atomic E-state index is 0.366. The van der Waals surface area contributed by atoms with Crippen LogP contribution in [-0.4, -0.2) is 41.2 Å². The van der Waals surface area contributed by atoms with Gasteiger partial charge in [-0.15, -0.1) is 34.8 Å². The predicted octanol–water partition coefficient (Wildman–Crippen LogP) is 6.70. The lowest BCUT2D eigenvalue weighted by molar-refractivity contribution is -0.0510. The average molecular weight is 433 g/mol. The third kappa shape index (κ3) is 3.41. The highest BCUT2D eigenvalue weighted by atomic mass is 35.5. The molecule has 0 unspecified atom stereocenters. The van der Waals surface area contributed by atoms with Crippen LogP contribution in [0.4, 0.5) is 0 Å². The summed E-state index contributed by atoms with van der Waals surface area (Å²) in [7, 11) is 0. The lowest BCUT2D eigenvalue weighted by Gasteiger charge is -2.58. The third-order valence-corrected chi connectivity index (χ3v) is 9.89. The van der Waals surface area contributed by atoms with Crippen molar-refractivity contribution in [2.24, 2.45) is 28.6 Å². The third-order valence-electron chi connectivity index (χ3n) is 9.18. The van der Waals surface area contributed by atoms with Crippen LogP contribution in [0, 0.1) is 28.6 Å². The zero-order valence-electron chi connectivity index (χ0n) is 17.0. The molecule has 0 N–H and O–H groups in total. The molecule has 0 aromatic rings. The highest BCUT2D eigenvalue weighted by molar-refractivity contribution is 6.20. The molecule has 1 nitrogen and oxygen atoms in total. The summed E-state index contributed by atoms with van der Waals surface area (Å²) in [6.07, 6.45) is 13.0. The van der Waals surface area contributed by atoms with Crippen LogP contribution in [0.3, 0.4) is 0 Å². The molecule has 154 valence electrons. The minimum absolute atomic E-state index is 0.366. The van der Waals surface area contributed by atoms with Gasteiger partial charge in [-0.25, -0.2) is 0 Å². The molecular weight excluding hydrogens is 397 g/mol. The zero-order chi connectivity index (χ0) is 19.2. The molecule has 4 aliphatic rings. The van der Waals surface area contributed by atoms with Crippen molar-refractivity contribution in [1.29, 1.82) is 0 Å². The van der Waals surface area contributed by atoms with E-state index in [1.54, 1.807) is 5.57 Å². The van der Waals surface area contributed by atoms with Gasteiger partial charge in [-0.05, 0) is 80.0 Å². The van der Waals surface area contributed by atoms with Gasteiger partial charge in [-0.3, -0.25) is 4.90 Å². The summed E-state index contributed by atoms with van der Waals surface area (Å²) >= 11 is 18.8. The van der Waals surface area contributed by atoms with Crippen LogP contribution in [0.1, 0.15) is 65.2 Å². The molecule has 3 saturated carbocycles. The van der Waals surface area contributed by atoms with Crippen molar-refractivity contribution in [3.63, 3.8) is 0 Å². The number of alkyl halides is 3. The Morgan fingerprint density at radius 1 is 1.00 bits per heavy atom. The van der Waals surface area contributed by atoms with E-state index >= 15 is 0 Å². The minimum Gasteiger partial charge on any atom is -0.297 e. The number of allylic oxidation sites excluding steroid dienone is 2. The second kappa shape index (κ2) is 8.01. The molecular formula is C23H36Cl3N. The van der Waals surface area contributed by atoms with Crippen LogP contribution in [-0.2, 0) is 0 Å². The first-order valence-corrected chi connectivity index (χ1v) is 12.6. The molecule has 4 aliphatic carbocycles. The molecule has 0 bridgehead atoms. The maximum absolute atomic E-state index is 6.53. The molecule has 0 aromatic carbocycles. The first-order valence-electron chi connectivity index (χ1n) is 11.1. The van der Waals surface area contributed by atoms with Gasteiger partial charge in [0.05, 0.1) is 0 Å². The van der Waals surface area contributed by atoms with E-state index < -0.39 is 0 Å². The van der Waals surface area contributed by atoms with Crippen LogP contribution in [0.15, 0.2) is 11.6 Å². The van der Waals surface area contributed by atoms with Crippen molar-refractivity contribution < 1.29 is 0 Å². The number of hydrogen-bond acceptors (Lipinski definition) is 1. The summed E-state index contributed by atoms with van der Waals surface area (Å²) in [5.41, 5.74) is 2.55. The Morgan fingerprint density at radius 2 is 1.74 bits per heavy atom. The molecule has 4 rings (SSSR count). The van der Waals surface area contributed by atoms with E-state index in [0.29, 0.717) is 34.0 Å². The molecule has 7 atom stereocenters. The van der Waals surface area contributed by atoms with Crippen LogP contribution in [0.2, 0.25) is 0 Å². The molecule has 0 saturated heterocycles. The Bertz CT molecular complexity index is 572. The van der Waals surface area contributed by atoms with E-state index in [-0.39, 0.29) is 0 Å². The zero-order valence-corrected chi connectivity index (χ0v) is 19.3. The summed E-state index contributed by atoms with van der Waals surface area (Å²) in [6, 6.07) is 0.665. The van der Waals surface area contributed by atoms with Gasteiger partial charge in [0.1, 0.15) is 0 Å². The van der Waals surface area contributed by atoms with Crippen LogP contribution < -0.4 is 0 Å². The van der Waals surface area contributed by atoms with Crippen molar-refractivity contribution >= 4 is 34.8 Å². The standard InChI is InChI=1S/C23H36Cl3N/c1-22-9-7-17(26)15-16(22)3-4-18-19-5-6-21(27(13-11-24)14-12-25)23(19,2)10-8-20(18)22/h3,17-21H,4-15H2,1-2H3/t17-,18-,19-,20-,21-,22-,23-/m0/s1. The number of rotatable bonds is 5. The molecule has 0 aliphatic heterocycles. The van der Waals surface area contributed by atoms with Crippen molar-refractivity contribution in [3.05, 3.63) is 11.6 Å². The fourth-order valence-corrected chi connectivity index (χ4v) is 8.54. The molecule has 3 fully saturated rings. The summed E-state index contributed by atoms with van der Waals surface area (Å²) in [4.78, 5) is 2.62. The molecule has 0 amide bonds. The maximum Gasteiger partial charge on any atom is 0.0373 e. The first-order chi connectivity index (χ1) is 12.9. The monoisotopic (exact) mass is 431 g/mol. The second-order valence-corrected chi connectivity index (χ2v) is 11.5. The van der Waals surface area contributed by atoms with Gasteiger partial charge in [0.15, 0.2) is 0 Å². The summed E-state index contributed by atoms with van der Waals surface area (Å²) in [5.74, 6) is 4.02. The van der Waals surface area contributed by atoms with Crippen molar-refractivity contribution in [1.82, 2.24) is 4.90 Å². The van der Waals surface area contributed by atoms with Gasteiger partial charge < -0.3 is 0 Å². The first kappa shape index (κ1) is 20.8. The van der Waals surface area contributed by atoms with Gasteiger partial charge in [-0.1, -0.05) is 25.5 Å². The number of fused-ring (bicyclic) bond motifs is 5. The highest BCUT2D eigenvalue weighted by Crippen LogP contribution is 2.65. The largest absolute Gasteiger partial charge is 0.297 e. The molecule has 4 heteroatoms. The van der Waals surface area contributed by atoms with E-state index in [0.717, 1.165) is 37.3 Å². The van der Waals surface area contributed by atoms with Gasteiger partial charge in [0, 0.05) is 36.3 Å². The molecule has 27 heavy (non-hydrogen) atoms.